The third-order valence-electron chi connectivity index (χ3n) is 6.41. The summed E-state index contributed by atoms with van der Waals surface area (Å²) in [7, 11) is 0. The van der Waals surface area contributed by atoms with Crippen LogP contribution in [0.3, 0.4) is 0 Å². The molecule has 0 unspecified atom stereocenters. The summed E-state index contributed by atoms with van der Waals surface area (Å²) < 4.78 is 6.19. The van der Waals surface area contributed by atoms with Crippen molar-refractivity contribution < 1.29 is 9.53 Å². The van der Waals surface area contributed by atoms with Crippen molar-refractivity contribution in [1.82, 2.24) is 30.0 Å². The van der Waals surface area contributed by atoms with E-state index < -0.39 is 0 Å². The predicted octanol–water partition coefficient (Wildman–Crippen LogP) is 0.412. The molecule has 5 rings (SSSR count). The molecule has 9 heteroatoms. The highest BCUT2D eigenvalue weighted by molar-refractivity contribution is 5.78. The molecule has 2 saturated heterocycles. The Kier molecular flexibility index (Phi) is 4.92. The van der Waals surface area contributed by atoms with Crippen LogP contribution in [0.5, 0.6) is 0 Å². The van der Waals surface area contributed by atoms with E-state index in [2.05, 4.69) is 30.0 Å². The maximum atomic E-state index is 12.9. The lowest BCUT2D eigenvalue weighted by Crippen LogP contribution is -2.53. The second-order valence-electron chi connectivity index (χ2n) is 8.06. The first-order chi connectivity index (χ1) is 14.2. The average molecular weight is 397 g/mol. The third-order valence-corrected chi connectivity index (χ3v) is 6.41. The van der Waals surface area contributed by atoms with Gasteiger partial charge in [-0.05, 0) is 30.9 Å². The topological polar surface area (TPSA) is 90.5 Å². The van der Waals surface area contributed by atoms with Gasteiger partial charge in [0.25, 0.3) is 0 Å². The molecule has 1 amide bonds. The number of H-pyrrole nitrogens is 1. The molecule has 0 bridgehead atoms. The first kappa shape index (κ1) is 18.5. The molecule has 154 valence electrons. The van der Waals surface area contributed by atoms with E-state index >= 15 is 0 Å². The van der Waals surface area contributed by atoms with E-state index in [1.165, 1.54) is 5.56 Å². The van der Waals surface area contributed by atoms with E-state index in [9.17, 15) is 4.79 Å². The Morgan fingerprint density at radius 3 is 2.62 bits per heavy atom. The maximum Gasteiger partial charge on any atom is 0.236 e. The summed E-state index contributed by atoms with van der Waals surface area (Å²) in [5.74, 6) is 0.982. The highest BCUT2D eigenvalue weighted by Gasteiger charge is 2.43. The standard InChI is InChI=1S/C20H27N7O2/c28-17(15-25-9-11-27(12-10-25)19-21-5-1-6-22-19)26-7-3-20(4-8-26)18-16(2-13-29-20)14-23-24-18/h1,5-6,14H,2-4,7-13,15H2,(H,23,24). The zero-order chi connectivity index (χ0) is 19.7. The number of amides is 1. The third kappa shape index (κ3) is 3.60. The molecule has 1 N–H and O–H groups in total. The molecule has 9 nitrogen and oxygen atoms in total. The smallest absolute Gasteiger partial charge is 0.236 e. The first-order valence-electron chi connectivity index (χ1n) is 10.4. The van der Waals surface area contributed by atoms with Gasteiger partial charge in [-0.25, -0.2) is 9.97 Å². The molecule has 5 heterocycles. The van der Waals surface area contributed by atoms with Crippen molar-refractivity contribution in [2.75, 3.05) is 57.3 Å². The van der Waals surface area contributed by atoms with Crippen LogP contribution in [0.15, 0.2) is 24.7 Å². The molecule has 0 aromatic carbocycles. The van der Waals surface area contributed by atoms with E-state index in [1.54, 1.807) is 12.4 Å². The van der Waals surface area contributed by atoms with Crippen LogP contribution in [-0.2, 0) is 21.6 Å². The molecular weight excluding hydrogens is 370 g/mol. The Morgan fingerprint density at radius 2 is 1.86 bits per heavy atom. The van der Waals surface area contributed by atoms with Gasteiger partial charge in [0.1, 0.15) is 5.60 Å². The van der Waals surface area contributed by atoms with Gasteiger partial charge in [0, 0.05) is 51.7 Å². The lowest BCUT2D eigenvalue weighted by Gasteiger charge is -2.44. The molecule has 0 aliphatic carbocycles. The van der Waals surface area contributed by atoms with Gasteiger partial charge in [-0.1, -0.05) is 0 Å². The zero-order valence-electron chi connectivity index (χ0n) is 16.6. The fourth-order valence-corrected chi connectivity index (χ4v) is 4.69. The summed E-state index contributed by atoms with van der Waals surface area (Å²) in [4.78, 5) is 27.9. The Bertz CT molecular complexity index is 840. The summed E-state index contributed by atoms with van der Waals surface area (Å²) in [5, 5.41) is 7.35. The fraction of sp³-hybridized carbons (Fsp3) is 0.600. The van der Waals surface area contributed by atoms with E-state index in [1.807, 2.05) is 17.2 Å². The van der Waals surface area contributed by atoms with Crippen LogP contribution in [0, 0.1) is 0 Å². The number of hydrogen-bond donors (Lipinski definition) is 1. The molecule has 0 atom stereocenters. The van der Waals surface area contributed by atoms with Crippen LogP contribution in [0.2, 0.25) is 0 Å². The first-order valence-corrected chi connectivity index (χ1v) is 10.4. The lowest BCUT2D eigenvalue weighted by atomic mass is 9.84. The number of rotatable bonds is 3. The van der Waals surface area contributed by atoms with Gasteiger partial charge in [-0.2, -0.15) is 5.10 Å². The minimum atomic E-state index is -0.290. The number of piperidine rings is 1. The van der Waals surface area contributed by atoms with Gasteiger partial charge in [0.05, 0.1) is 25.0 Å². The van der Waals surface area contributed by atoms with Crippen molar-refractivity contribution in [3.8, 4) is 0 Å². The molecule has 29 heavy (non-hydrogen) atoms. The van der Waals surface area contributed by atoms with Crippen molar-refractivity contribution in [3.05, 3.63) is 35.9 Å². The number of hydrogen-bond acceptors (Lipinski definition) is 7. The van der Waals surface area contributed by atoms with Crippen LogP contribution < -0.4 is 4.90 Å². The Balaban J connectivity index is 1.13. The number of likely N-dealkylation sites (tertiary alicyclic amines) is 1. The molecule has 3 aliphatic heterocycles. The number of piperazine rings is 1. The molecule has 0 saturated carbocycles. The quantitative estimate of drug-likeness (QED) is 0.802. The Labute approximate surface area is 170 Å². The Hall–Kier alpha value is -2.52. The van der Waals surface area contributed by atoms with E-state index in [4.69, 9.17) is 4.74 Å². The number of carbonyl (C=O) groups excluding carboxylic acids is 1. The SMILES string of the molecule is O=C(CN1CCN(c2ncccn2)CC1)N1CCC2(CC1)OCCc1cn[nH]c12. The Morgan fingerprint density at radius 1 is 1.10 bits per heavy atom. The van der Waals surface area contributed by atoms with Gasteiger partial charge in [-0.3, -0.25) is 14.8 Å². The van der Waals surface area contributed by atoms with Crippen LogP contribution >= 0.6 is 0 Å². The molecule has 1 spiro atoms. The summed E-state index contributed by atoms with van der Waals surface area (Å²) >= 11 is 0. The zero-order valence-corrected chi connectivity index (χ0v) is 16.6. The maximum absolute atomic E-state index is 12.9. The predicted molar refractivity (Wildman–Crippen MR) is 106 cm³/mol. The summed E-state index contributed by atoms with van der Waals surface area (Å²) in [6, 6.07) is 1.83. The second kappa shape index (κ2) is 7.72. The van der Waals surface area contributed by atoms with Gasteiger partial charge >= 0.3 is 0 Å². The van der Waals surface area contributed by atoms with E-state index in [0.717, 1.165) is 76.8 Å². The second-order valence-corrected chi connectivity index (χ2v) is 8.06. The van der Waals surface area contributed by atoms with Gasteiger partial charge in [-0.15, -0.1) is 0 Å². The number of aromatic amines is 1. The fourth-order valence-electron chi connectivity index (χ4n) is 4.69. The number of anilines is 1. The highest BCUT2D eigenvalue weighted by Crippen LogP contribution is 2.40. The minimum Gasteiger partial charge on any atom is -0.368 e. The van der Waals surface area contributed by atoms with Crippen LogP contribution in [-0.4, -0.2) is 88.3 Å². The molecular formula is C20H27N7O2. The van der Waals surface area contributed by atoms with E-state index in [-0.39, 0.29) is 11.5 Å². The molecule has 2 aromatic rings. The van der Waals surface area contributed by atoms with Crippen LogP contribution in [0.1, 0.15) is 24.1 Å². The van der Waals surface area contributed by atoms with Crippen molar-refractivity contribution in [2.45, 2.75) is 24.9 Å². The van der Waals surface area contributed by atoms with Crippen LogP contribution in [0.4, 0.5) is 5.95 Å². The summed E-state index contributed by atoms with van der Waals surface area (Å²) in [6.07, 6.45) is 8.01. The largest absolute Gasteiger partial charge is 0.368 e. The van der Waals surface area contributed by atoms with Crippen LogP contribution in [0.25, 0.3) is 0 Å². The van der Waals surface area contributed by atoms with Crippen molar-refractivity contribution in [2.24, 2.45) is 0 Å². The average Bonchev–Trinajstić information content (AvgIpc) is 3.26. The number of carbonyl (C=O) groups is 1. The van der Waals surface area contributed by atoms with E-state index in [0.29, 0.717) is 6.54 Å². The molecule has 3 aliphatic rings. The lowest BCUT2D eigenvalue weighted by molar-refractivity contribution is -0.142. The number of nitrogens with zero attached hydrogens (tertiary/aromatic N) is 6. The number of fused-ring (bicyclic) bond motifs is 2. The van der Waals surface area contributed by atoms with Gasteiger partial charge < -0.3 is 14.5 Å². The summed E-state index contributed by atoms with van der Waals surface area (Å²) in [6.45, 7) is 6.06. The molecule has 2 fully saturated rings. The number of nitrogens with one attached hydrogen (secondary N) is 1. The normalized spacial score (nSPS) is 21.9. The monoisotopic (exact) mass is 397 g/mol. The molecule has 0 radical (unpaired) electrons. The summed E-state index contributed by atoms with van der Waals surface area (Å²) in [5.41, 5.74) is 2.09. The number of aromatic nitrogens is 4. The highest BCUT2D eigenvalue weighted by atomic mass is 16.5. The van der Waals surface area contributed by atoms with Crippen molar-refractivity contribution >= 4 is 11.9 Å². The van der Waals surface area contributed by atoms with Crippen molar-refractivity contribution in [1.29, 1.82) is 0 Å². The van der Waals surface area contributed by atoms with Crippen molar-refractivity contribution in [3.63, 3.8) is 0 Å². The molecule has 2 aromatic heterocycles. The minimum absolute atomic E-state index is 0.213. The van der Waals surface area contributed by atoms with Gasteiger partial charge in [0.15, 0.2) is 0 Å². The number of ether oxygens (including phenoxy) is 1. The van der Waals surface area contributed by atoms with Gasteiger partial charge in [0.2, 0.25) is 11.9 Å².